The molecule has 0 unspecified atom stereocenters. The molecule has 0 saturated carbocycles. The highest BCUT2D eigenvalue weighted by atomic mass is 127. The highest BCUT2D eigenvalue weighted by Gasteiger charge is 2.20. The molecule has 1 aliphatic carbocycles. The number of thioether (sulfide) groups is 1. The Morgan fingerprint density at radius 1 is 1.38 bits per heavy atom. The van der Waals surface area contributed by atoms with Gasteiger partial charge in [-0.05, 0) is 38.7 Å². The van der Waals surface area contributed by atoms with Gasteiger partial charge in [0.2, 0.25) is 0 Å². The van der Waals surface area contributed by atoms with Crippen molar-refractivity contribution in [2.75, 3.05) is 5.75 Å². The maximum absolute atomic E-state index is 11.5. The topological polar surface area (TPSA) is 17.1 Å². The Morgan fingerprint density at radius 2 is 2.23 bits per heavy atom. The number of hydrogen-bond acceptors (Lipinski definition) is 2. The first-order valence-electron chi connectivity index (χ1n) is 4.20. The lowest BCUT2D eigenvalue weighted by Crippen LogP contribution is -2.10. The average molecular weight is 304 g/mol. The van der Waals surface area contributed by atoms with Crippen molar-refractivity contribution in [3.05, 3.63) is 32.3 Å². The fraction of sp³-hybridized carbons (Fsp3) is 0.300. The van der Waals surface area contributed by atoms with E-state index in [1.807, 2.05) is 0 Å². The number of carbonyl (C=O) groups excluding carboxylic acids is 1. The van der Waals surface area contributed by atoms with Gasteiger partial charge in [-0.15, -0.1) is 11.8 Å². The minimum Gasteiger partial charge on any atom is -0.294 e. The van der Waals surface area contributed by atoms with Crippen LogP contribution in [0.3, 0.4) is 0 Å². The van der Waals surface area contributed by atoms with Crippen molar-refractivity contribution in [1.29, 1.82) is 0 Å². The van der Waals surface area contributed by atoms with Crippen molar-refractivity contribution in [3.8, 4) is 0 Å². The van der Waals surface area contributed by atoms with Crippen LogP contribution in [0.4, 0.5) is 0 Å². The molecule has 1 heterocycles. The van der Waals surface area contributed by atoms with Gasteiger partial charge >= 0.3 is 0 Å². The van der Waals surface area contributed by atoms with Gasteiger partial charge in [-0.2, -0.15) is 0 Å². The molecular formula is C10H9IOS. The van der Waals surface area contributed by atoms with Crippen molar-refractivity contribution in [3.63, 3.8) is 0 Å². The maximum Gasteiger partial charge on any atom is 0.164 e. The molecule has 0 spiro atoms. The van der Waals surface area contributed by atoms with Crippen LogP contribution in [0.25, 0.3) is 0 Å². The van der Waals surface area contributed by atoms with Gasteiger partial charge in [-0.25, -0.2) is 0 Å². The summed E-state index contributed by atoms with van der Waals surface area (Å²) in [5, 5.41) is 0. The molecule has 1 aliphatic heterocycles. The minimum absolute atomic E-state index is 0.310. The first kappa shape index (κ1) is 9.52. The predicted octanol–water partition coefficient (Wildman–Crippen LogP) is 3.23. The SMILES string of the molecule is O=C1CCSC2=CC=C(I)CC=C12. The van der Waals surface area contributed by atoms with Crippen LogP contribution < -0.4 is 0 Å². The summed E-state index contributed by atoms with van der Waals surface area (Å²) in [4.78, 5) is 12.7. The predicted molar refractivity (Wildman–Crippen MR) is 65.0 cm³/mol. The molecule has 1 saturated heterocycles. The minimum atomic E-state index is 0.310. The van der Waals surface area contributed by atoms with E-state index in [1.54, 1.807) is 11.8 Å². The molecule has 0 amide bonds. The lowest BCUT2D eigenvalue weighted by atomic mass is 10.1. The zero-order valence-corrected chi connectivity index (χ0v) is 10.0. The lowest BCUT2D eigenvalue weighted by molar-refractivity contribution is -0.115. The lowest BCUT2D eigenvalue weighted by Gasteiger charge is -2.14. The molecular weight excluding hydrogens is 295 g/mol. The Hall–Kier alpha value is -0.0300. The second-order valence-corrected chi connectivity index (χ2v) is 5.51. The molecule has 3 heteroatoms. The van der Waals surface area contributed by atoms with E-state index < -0.39 is 0 Å². The Bertz CT molecular complexity index is 339. The first-order chi connectivity index (χ1) is 6.27. The van der Waals surface area contributed by atoms with E-state index in [9.17, 15) is 4.79 Å². The molecule has 0 radical (unpaired) electrons. The van der Waals surface area contributed by atoms with Crippen LogP contribution in [0.1, 0.15) is 12.8 Å². The van der Waals surface area contributed by atoms with Crippen molar-refractivity contribution in [2.24, 2.45) is 0 Å². The fourth-order valence-electron chi connectivity index (χ4n) is 1.39. The standard InChI is InChI=1S/C10H9IOS/c11-7-1-3-8-9(12)5-6-13-10(8)4-2-7/h2-4H,1,5-6H2. The van der Waals surface area contributed by atoms with E-state index in [1.165, 1.54) is 3.58 Å². The quantitative estimate of drug-likeness (QED) is 0.639. The third-order valence-electron chi connectivity index (χ3n) is 2.07. The van der Waals surface area contributed by atoms with Crippen molar-refractivity contribution >= 4 is 40.1 Å². The Labute approximate surface area is 95.5 Å². The van der Waals surface area contributed by atoms with Gasteiger partial charge in [0.15, 0.2) is 5.78 Å². The number of rotatable bonds is 0. The molecule has 0 aromatic heterocycles. The van der Waals surface area contributed by atoms with Crippen molar-refractivity contribution in [2.45, 2.75) is 12.8 Å². The monoisotopic (exact) mass is 304 g/mol. The zero-order valence-electron chi connectivity index (χ0n) is 7.05. The van der Waals surface area contributed by atoms with Gasteiger partial charge in [0, 0.05) is 22.7 Å². The van der Waals surface area contributed by atoms with E-state index in [-0.39, 0.29) is 0 Å². The highest BCUT2D eigenvalue weighted by Crippen LogP contribution is 2.34. The summed E-state index contributed by atoms with van der Waals surface area (Å²) < 4.78 is 1.29. The summed E-state index contributed by atoms with van der Waals surface area (Å²) in [6.07, 6.45) is 7.84. The number of allylic oxidation sites excluding steroid dienone is 5. The molecule has 13 heavy (non-hydrogen) atoms. The summed E-state index contributed by atoms with van der Waals surface area (Å²) in [7, 11) is 0. The van der Waals surface area contributed by atoms with Crippen LogP contribution in [0.2, 0.25) is 0 Å². The number of hydrogen-bond donors (Lipinski definition) is 0. The molecule has 1 nitrogen and oxygen atoms in total. The zero-order chi connectivity index (χ0) is 9.26. The smallest absolute Gasteiger partial charge is 0.164 e. The van der Waals surface area contributed by atoms with E-state index in [0.29, 0.717) is 12.2 Å². The normalized spacial score (nSPS) is 22.5. The van der Waals surface area contributed by atoms with Crippen LogP contribution in [0.5, 0.6) is 0 Å². The molecule has 1 fully saturated rings. The third-order valence-corrected chi connectivity index (χ3v) is 3.94. The van der Waals surface area contributed by atoms with Gasteiger partial charge in [0.05, 0.1) is 0 Å². The second-order valence-electron chi connectivity index (χ2n) is 2.99. The summed E-state index contributed by atoms with van der Waals surface area (Å²) in [5.74, 6) is 1.25. The highest BCUT2D eigenvalue weighted by molar-refractivity contribution is 14.1. The third kappa shape index (κ3) is 2.07. The van der Waals surface area contributed by atoms with Crippen LogP contribution in [-0.4, -0.2) is 11.5 Å². The van der Waals surface area contributed by atoms with Crippen molar-refractivity contribution in [1.82, 2.24) is 0 Å². The van der Waals surface area contributed by atoms with Crippen LogP contribution in [0, 0.1) is 0 Å². The summed E-state index contributed by atoms with van der Waals surface area (Å²) in [6, 6.07) is 0. The van der Waals surface area contributed by atoms with Crippen LogP contribution in [0.15, 0.2) is 32.3 Å². The average Bonchev–Trinajstić information content (AvgIpc) is 2.30. The number of Topliss-reactive ketones (excluding diaryl/α,β-unsaturated/α-hetero) is 1. The Morgan fingerprint density at radius 3 is 3.08 bits per heavy atom. The molecule has 2 rings (SSSR count). The molecule has 68 valence electrons. The number of ketones is 1. The van der Waals surface area contributed by atoms with Crippen LogP contribution in [-0.2, 0) is 4.79 Å². The fourth-order valence-corrected chi connectivity index (χ4v) is 2.81. The number of fused-ring (bicyclic) bond motifs is 1. The summed E-state index contributed by atoms with van der Waals surface area (Å²) >= 11 is 4.10. The largest absolute Gasteiger partial charge is 0.294 e. The van der Waals surface area contributed by atoms with Gasteiger partial charge in [0.1, 0.15) is 0 Å². The van der Waals surface area contributed by atoms with Crippen LogP contribution >= 0.6 is 34.4 Å². The summed E-state index contributed by atoms with van der Waals surface area (Å²) in [5.41, 5.74) is 0.944. The molecule has 0 N–H and O–H groups in total. The Balaban J connectivity index is 2.37. The Kier molecular flexibility index (Phi) is 2.93. The van der Waals surface area contributed by atoms with E-state index in [2.05, 4.69) is 40.8 Å². The van der Waals surface area contributed by atoms with Gasteiger partial charge in [-0.1, -0.05) is 12.2 Å². The molecule has 0 atom stereocenters. The second kappa shape index (κ2) is 4.00. The van der Waals surface area contributed by atoms with Gasteiger partial charge in [0.25, 0.3) is 0 Å². The molecule has 0 aromatic carbocycles. The van der Waals surface area contributed by atoms with E-state index in [4.69, 9.17) is 0 Å². The number of halogens is 1. The van der Waals surface area contributed by atoms with E-state index in [0.717, 1.165) is 22.7 Å². The van der Waals surface area contributed by atoms with E-state index >= 15 is 0 Å². The summed E-state index contributed by atoms with van der Waals surface area (Å²) in [6.45, 7) is 0. The molecule has 0 aromatic rings. The molecule has 0 bridgehead atoms. The van der Waals surface area contributed by atoms with Crippen molar-refractivity contribution < 1.29 is 4.79 Å². The van der Waals surface area contributed by atoms with Gasteiger partial charge < -0.3 is 0 Å². The maximum atomic E-state index is 11.5. The first-order valence-corrected chi connectivity index (χ1v) is 6.26. The number of carbonyl (C=O) groups is 1. The molecule has 2 aliphatic rings. The van der Waals surface area contributed by atoms with Gasteiger partial charge in [-0.3, -0.25) is 4.79 Å².